The summed E-state index contributed by atoms with van der Waals surface area (Å²) >= 11 is 1.49. The standard InChI is InChI=1S/C19H22FNOS/c1-13-11-15(20)7-10-17(13)21-18(22)12-23-16-8-5-14(6-9-16)19(2,3)4/h5-11H,12H2,1-4H3,(H,21,22). The van der Waals surface area contributed by atoms with Crippen LogP contribution in [0.5, 0.6) is 0 Å². The van der Waals surface area contributed by atoms with E-state index in [1.54, 1.807) is 13.0 Å². The number of carbonyl (C=O) groups excluding carboxylic acids is 1. The van der Waals surface area contributed by atoms with Gasteiger partial charge in [0.15, 0.2) is 0 Å². The highest BCUT2D eigenvalue weighted by Crippen LogP contribution is 2.26. The number of benzene rings is 2. The van der Waals surface area contributed by atoms with Crippen molar-refractivity contribution in [1.29, 1.82) is 0 Å². The van der Waals surface area contributed by atoms with Crippen LogP contribution in [0, 0.1) is 12.7 Å². The molecular formula is C19H22FNOS. The molecule has 2 rings (SSSR count). The Balaban J connectivity index is 1.91. The maximum absolute atomic E-state index is 13.1. The van der Waals surface area contributed by atoms with Crippen LogP contribution >= 0.6 is 11.8 Å². The molecule has 0 aliphatic carbocycles. The number of halogens is 1. The van der Waals surface area contributed by atoms with Crippen LogP contribution in [0.25, 0.3) is 0 Å². The fraction of sp³-hybridized carbons (Fsp3) is 0.316. The second-order valence-corrected chi connectivity index (χ2v) is 7.62. The summed E-state index contributed by atoms with van der Waals surface area (Å²) in [6.07, 6.45) is 0. The summed E-state index contributed by atoms with van der Waals surface area (Å²) in [6.45, 7) is 8.30. The molecule has 0 saturated carbocycles. The molecule has 0 unspecified atom stereocenters. The van der Waals surface area contributed by atoms with Crippen molar-refractivity contribution < 1.29 is 9.18 Å². The van der Waals surface area contributed by atoms with Crippen LogP contribution in [0.3, 0.4) is 0 Å². The smallest absolute Gasteiger partial charge is 0.234 e. The number of hydrogen-bond donors (Lipinski definition) is 1. The van der Waals surface area contributed by atoms with Crippen LogP contribution in [0.4, 0.5) is 10.1 Å². The number of carbonyl (C=O) groups is 1. The van der Waals surface area contributed by atoms with Gasteiger partial charge < -0.3 is 5.32 Å². The minimum Gasteiger partial charge on any atom is -0.325 e. The fourth-order valence-electron chi connectivity index (χ4n) is 2.15. The molecule has 4 heteroatoms. The van der Waals surface area contributed by atoms with E-state index in [0.29, 0.717) is 11.4 Å². The molecule has 1 N–H and O–H groups in total. The summed E-state index contributed by atoms with van der Waals surface area (Å²) in [5.41, 5.74) is 2.77. The molecular weight excluding hydrogens is 309 g/mol. The van der Waals surface area contributed by atoms with Gasteiger partial charge in [-0.1, -0.05) is 32.9 Å². The molecule has 0 fully saturated rings. The van der Waals surface area contributed by atoms with Gasteiger partial charge in [-0.15, -0.1) is 11.8 Å². The number of nitrogens with one attached hydrogen (secondary N) is 1. The molecule has 0 bridgehead atoms. The second-order valence-electron chi connectivity index (χ2n) is 6.57. The third-order valence-corrected chi connectivity index (χ3v) is 4.56. The number of hydrogen-bond acceptors (Lipinski definition) is 2. The Morgan fingerprint density at radius 1 is 1.13 bits per heavy atom. The van der Waals surface area contributed by atoms with Crippen LogP contribution in [0.1, 0.15) is 31.9 Å². The van der Waals surface area contributed by atoms with Crippen molar-refractivity contribution >= 4 is 23.4 Å². The monoisotopic (exact) mass is 331 g/mol. The van der Waals surface area contributed by atoms with Crippen molar-refractivity contribution in [3.05, 3.63) is 59.4 Å². The Morgan fingerprint density at radius 3 is 2.35 bits per heavy atom. The zero-order valence-electron chi connectivity index (χ0n) is 13.9. The molecule has 0 saturated heterocycles. The first-order valence-electron chi connectivity index (χ1n) is 7.55. The highest BCUT2D eigenvalue weighted by atomic mass is 32.2. The van der Waals surface area contributed by atoms with E-state index in [9.17, 15) is 9.18 Å². The average Bonchev–Trinajstić information content (AvgIpc) is 2.47. The lowest BCUT2D eigenvalue weighted by Gasteiger charge is -2.19. The lowest BCUT2D eigenvalue weighted by molar-refractivity contribution is -0.113. The van der Waals surface area contributed by atoms with E-state index < -0.39 is 0 Å². The Labute approximate surface area is 141 Å². The van der Waals surface area contributed by atoms with Gasteiger partial charge in [0.25, 0.3) is 0 Å². The molecule has 2 aromatic rings. The van der Waals surface area contributed by atoms with E-state index in [0.717, 1.165) is 10.5 Å². The molecule has 2 nitrogen and oxygen atoms in total. The normalized spacial score (nSPS) is 11.3. The van der Waals surface area contributed by atoms with Gasteiger partial charge in [-0.2, -0.15) is 0 Å². The summed E-state index contributed by atoms with van der Waals surface area (Å²) in [6, 6.07) is 12.6. The Kier molecular flexibility index (Phi) is 5.47. The van der Waals surface area contributed by atoms with Gasteiger partial charge in [0.2, 0.25) is 5.91 Å². The Morgan fingerprint density at radius 2 is 1.78 bits per heavy atom. The molecule has 0 aliphatic rings. The Hall–Kier alpha value is -1.81. The zero-order valence-corrected chi connectivity index (χ0v) is 14.8. The highest BCUT2D eigenvalue weighted by Gasteiger charge is 2.13. The van der Waals surface area contributed by atoms with E-state index in [-0.39, 0.29) is 17.1 Å². The first-order valence-corrected chi connectivity index (χ1v) is 8.53. The largest absolute Gasteiger partial charge is 0.325 e. The highest BCUT2D eigenvalue weighted by molar-refractivity contribution is 8.00. The van der Waals surface area contributed by atoms with E-state index in [1.165, 1.54) is 29.5 Å². The molecule has 0 aliphatic heterocycles. The van der Waals surface area contributed by atoms with Crippen LogP contribution in [-0.2, 0) is 10.2 Å². The van der Waals surface area contributed by atoms with Gasteiger partial charge >= 0.3 is 0 Å². The fourth-order valence-corrected chi connectivity index (χ4v) is 2.85. The van der Waals surface area contributed by atoms with Crippen LogP contribution < -0.4 is 5.32 Å². The summed E-state index contributed by atoms with van der Waals surface area (Å²) in [5, 5.41) is 2.82. The Bertz CT molecular complexity index is 690. The number of anilines is 1. The number of amides is 1. The third-order valence-electron chi connectivity index (χ3n) is 3.55. The summed E-state index contributed by atoms with van der Waals surface area (Å²) < 4.78 is 13.1. The predicted octanol–water partition coefficient (Wildman–Crippen LogP) is 5.16. The van der Waals surface area contributed by atoms with Crippen molar-refractivity contribution in [3.8, 4) is 0 Å². The molecule has 2 aromatic carbocycles. The van der Waals surface area contributed by atoms with Gasteiger partial charge in [-0.05, 0) is 53.8 Å². The van der Waals surface area contributed by atoms with Crippen LogP contribution in [0.2, 0.25) is 0 Å². The van der Waals surface area contributed by atoms with Gasteiger partial charge in [0.05, 0.1) is 5.75 Å². The zero-order chi connectivity index (χ0) is 17.0. The SMILES string of the molecule is Cc1cc(F)ccc1NC(=O)CSc1ccc(C(C)(C)C)cc1. The number of aryl methyl sites for hydroxylation is 1. The molecule has 0 spiro atoms. The summed E-state index contributed by atoms with van der Waals surface area (Å²) in [5.74, 6) is -0.0653. The lowest BCUT2D eigenvalue weighted by atomic mass is 9.87. The van der Waals surface area contributed by atoms with E-state index in [1.807, 2.05) is 12.1 Å². The van der Waals surface area contributed by atoms with Crippen molar-refractivity contribution in [2.24, 2.45) is 0 Å². The minimum atomic E-state index is -0.297. The van der Waals surface area contributed by atoms with E-state index in [4.69, 9.17) is 0 Å². The number of thioether (sulfide) groups is 1. The van der Waals surface area contributed by atoms with Crippen LogP contribution in [-0.4, -0.2) is 11.7 Å². The van der Waals surface area contributed by atoms with Crippen molar-refractivity contribution in [2.45, 2.75) is 38.0 Å². The first-order chi connectivity index (χ1) is 10.8. The quantitative estimate of drug-likeness (QED) is 0.784. The maximum Gasteiger partial charge on any atom is 0.234 e. The van der Waals surface area contributed by atoms with Crippen molar-refractivity contribution in [1.82, 2.24) is 0 Å². The average molecular weight is 331 g/mol. The van der Waals surface area contributed by atoms with Gasteiger partial charge in [-0.25, -0.2) is 4.39 Å². The molecule has 0 radical (unpaired) electrons. The van der Waals surface area contributed by atoms with E-state index >= 15 is 0 Å². The van der Waals surface area contributed by atoms with Gasteiger partial charge in [0, 0.05) is 10.6 Å². The summed E-state index contributed by atoms with van der Waals surface area (Å²) in [7, 11) is 0. The second kappa shape index (κ2) is 7.18. The lowest BCUT2D eigenvalue weighted by Crippen LogP contribution is -2.15. The molecule has 23 heavy (non-hydrogen) atoms. The molecule has 0 heterocycles. The molecule has 0 atom stereocenters. The summed E-state index contributed by atoms with van der Waals surface area (Å²) in [4.78, 5) is 13.1. The topological polar surface area (TPSA) is 29.1 Å². The van der Waals surface area contributed by atoms with E-state index in [2.05, 4.69) is 38.2 Å². The predicted molar refractivity (Wildman–Crippen MR) is 95.6 cm³/mol. The van der Waals surface area contributed by atoms with Gasteiger partial charge in [0.1, 0.15) is 5.82 Å². The molecule has 0 aromatic heterocycles. The van der Waals surface area contributed by atoms with Gasteiger partial charge in [-0.3, -0.25) is 4.79 Å². The van der Waals surface area contributed by atoms with Crippen LogP contribution in [0.15, 0.2) is 47.4 Å². The van der Waals surface area contributed by atoms with Crippen molar-refractivity contribution in [3.63, 3.8) is 0 Å². The molecule has 1 amide bonds. The first kappa shape index (κ1) is 17.5. The minimum absolute atomic E-state index is 0.0930. The van der Waals surface area contributed by atoms with Crippen molar-refractivity contribution in [2.75, 3.05) is 11.1 Å². The molecule has 122 valence electrons. The third kappa shape index (κ3) is 5.10. The number of rotatable bonds is 4. The maximum atomic E-state index is 13.1.